The van der Waals surface area contributed by atoms with Crippen LogP contribution in [0, 0.1) is 11.8 Å². The fraction of sp³-hybridized carbons (Fsp3) is 0.933. The highest BCUT2D eigenvalue weighted by atomic mass is 16.3. The molecule has 1 amide bonds. The first kappa shape index (κ1) is 14.8. The van der Waals surface area contributed by atoms with E-state index in [0.29, 0.717) is 24.8 Å². The smallest absolute Gasteiger partial charge is 0.220 e. The van der Waals surface area contributed by atoms with E-state index in [0.717, 1.165) is 32.1 Å². The van der Waals surface area contributed by atoms with Crippen molar-refractivity contribution in [3.63, 3.8) is 0 Å². The Bertz CT molecular complexity index is 290. The summed E-state index contributed by atoms with van der Waals surface area (Å²) in [6, 6.07) is 0.189. The van der Waals surface area contributed by atoms with Crippen LogP contribution in [-0.4, -0.2) is 29.7 Å². The number of aliphatic hydroxyl groups is 1. The normalized spacial score (nSPS) is 30.2. The summed E-state index contributed by atoms with van der Waals surface area (Å²) in [6.07, 6.45) is 9.33. The Labute approximate surface area is 116 Å². The molecule has 0 heterocycles. The number of nitrogens with two attached hydrogens (primary N) is 1. The van der Waals surface area contributed by atoms with Crippen LogP contribution in [-0.2, 0) is 4.79 Å². The number of aliphatic hydroxyl groups excluding tert-OH is 1. The molecule has 4 heteroatoms. The lowest BCUT2D eigenvalue weighted by Gasteiger charge is -2.26. The van der Waals surface area contributed by atoms with Crippen molar-refractivity contribution in [3.8, 4) is 0 Å². The topological polar surface area (TPSA) is 75.4 Å². The Kier molecular flexibility index (Phi) is 5.64. The van der Waals surface area contributed by atoms with E-state index >= 15 is 0 Å². The van der Waals surface area contributed by atoms with Crippen molar-refractivity contribution >= 4 is 5.91 Å². The van der Waals surface area contributed by atoms with Gasteiger partial charge in [0, 0.05) is 19.0 Å². The predicted molar refractivity (Wildman–Crippen MR) is 75.5 cm³/mol. The van der Waals surface area contributed by atoms with E-state index in [-0.39, 0.29) is 18.1 Å². The molecule has 110 valence electrons. The van der Waals surface area contributed by atoms with Crippen molar-refractivity contribution in [2.75, 3.05) is 6.54 Å². The molecule has 2 saturated carbocycles. The molecule has 0 aromatic rings. The Balaban J connectivity index is 1.65. The van der Waals surface area contributed by atoms with Gasteiger partial charge in [-0.15, -0.1) is 0 Å². The van der Waals surface area contributed by atoms with Gasteiger partial charge in [0.25, 0.3) is 0 Å². The highest BCUT2D eigenvalue weighted by Crippen LogP contribution is 2.27. The molecule has 0 saturated heterocycles. The summed E-state index contributed by atoms with van der Waals surface area (Å²) < 4.78 is 0. The first-order valence-electron chi connectivity index (χ1n) is 7.87. The fourth-order valence-corrected chi connectivity index (χ4v) is 3.53. The van der Waals surface area contributed by atoms with Gasteiger partial charge in [-0.2, -0.15) is 0 Å². The van der Waals surface area contributed by atoms with Crippen molar-refractivity contribution in [1.82, 2.24) is 5.32 Å². The van der Waals surface area contributed by atoms with Gasteiger partial charge in [0.15, 0.2) is 0 Å². The van der Waals surface area contributed by atoms with Gasteiger partial charge in [0.05, 0.1) is 6.10 Å². The van der Waals surface area contributed by atoms with E-state index in [1.54, 1.807) is 0 Å². The molecule has 0 bridgehead atoms. The molecule has 2 aliphatic carbocycles. The lowest BCUT2D eigenvalue weighted by molar-refractivity contribution is -0.122. The summed E-state index contributed by atoms with van der Waals surface area (Å²) in [4.78, 5) is 11.9. The minimum atomic E-state index is -0.374. The van der Waals surface area contributed by atoms with Gasteiger partial charge in [-0.25, -0.2) is 0 Å². The third kappa shape index (κ3) is 4.46. The minimum absolute atomic E-state index is 0.0530. The number of carbonyl (C=O) groups is 1. The van der Waals surface area contributed by atoms with Crippen LogP contribution in [0.3, 0.4) is 0 Å². The highest BCUT2D eigenvalue weighted by molar-refractivity contribution is 5.76. The average Bonchev–Trinajstić information content (AvgIpc) is 2.82. The molecule has 0 aliphatic heterocycles. The lowest BCUT2D eigenvalue weighted by atomic mass is 9.85. The Hall–Kier alpha value is -0.610. The van der Waals surface area contributed by atoms with E-state index in [1.807, 2.05) is 0 Å². The third-order valence-electron chi connectivity index (χ3n) is 4.87. The van der Waals surface area contributed by atoms with E-state index < -0.39 is 0 Å². The molecule has 0 aromatic heterocycles. The molecule has 0 aromatic carbocycles. The van der Waals surface area contributed by atoms with Crippen LogP contribution in [0.1, 0.15) is 57.8 Å². The van der Waals surface area contributed by atoms with Crippen LogP contribution >= 0.6 is 0 Å². The number of hydrogen-bond donors (Lipinski definition) is 3. The van der Waals surface area contributed by atoms with E-state index in [1.165, 1.54) is 19.3 Å². The number of carbonyl (C=O) groups excluding carboxylic acids is 1. The lowest BCUT2D eigenvalue weighted by Crippen LogP contribution is -2.38. The van der Waals surface area contributed by atoms with Crippen molar-refractivity contribution in [2.24, 2.45) is 17.6 Å². The number of nitrogens with one attached hydrogen (secondary N) is 1. The maximum atomic E-state index is 11.9. The van der Waals surface area contributed by atoms with Crippen molar-refractivity contribution in [2.45, 2.75) is 69.9 Å². The second kappa shape index (κ2) is 7.25. The van der Waals surface area contributed by atoms with E-state index in [4.69, 9.17) is 5.73 Å². The van der Waals surface area contributed by atoms with E-state index in [9.17, 15) is 9.90 Å². The summed E-state index contributed by atoms with van der Waals surface area (Å²) in [5.74, 6) is 0.770. The molecule has 4 nitrogen and oxygen atoms in total. The summed E-state index contributed by atoms with van der Waals surface area (Å²) in [6.45, 7) is 0.408. The summed E-state index contributed by atoms with van der Waals surface area (Å²) in [7, 11) is 0. The van der Waals surface area contributed by atoms with Crippen LogP contribution in [0.25, 0.3) is 0 Å². The zero-order valence-corrected chi connectivity index (χ0v) is 11.8. The Morgan fingerprint density at radius 1 is 1.16 bits per heavy atom. The van der Waals surface area contributed by atoms with Crippen LogP contribution in [0.4, 0.5) is 0 Å². The van der Waals surface area contributed by atoms with Gasteiger partial charge < -0.3 is 16.2 Å². The second-order valence-electron chi connectivity index (χ2n) is 6.33. The second-order valence-corrected chi connectivity index (χ2v) is 6.33. The molecule has 0 radical (unpaired) electrons. The summed E-state index contributed by atoms with van der Waals surface area (Å²) in [5, 5.41) is 13.0. The van der Waals surface area contributed by atoms with Gasteiger partial charge >= 0.3 is 0 Å². The third-order valence-corrected chi connectivity index (χ3v) is 4.87. The van der Waals surface area contributed by atoms with Crippen LogP contribution < -0.4 is 11.1 Å². The van der Waals surface area contributed by atoms with Crippen molar-refractivity contribution < 1.29 is 9.90 Å². The molecule has 1 unspecified atom stereocenters. The molecule has 2 rings (SSSR count). The van der Waals surface area contributed by atoms with Gasteiger partial charge in [0.2, 0.25) is 5.91 Å². The molecule has 0 spiro atoms. The Morgan fingerprint density at radius 2 is 1.89 bits per heavy atom. The fourth-order valence-electron chi connectivity index (χ4n) is 3.53. The number of hydrogen-bond acceptors (Lipinski definition) is 3. The summed E-state index contributed by atoms with van der Waals surface area (Å²) >= 11 is 0. The molecule has 19 heavy (non-hydrogen) atoms. The van der Waals surface area contributed by atoms with Crippen molar-refractivity contribution in [3.05, 3.63) is 0 Å². The van der Waals surface area contributed by atoms with Crippen LogP contribution in [0.15, 0.2) is 0 Å². The quantitative estimate of drug-likeness (QED) is 0.708. The minimum Gasteiger partial charge on any atom is -0.391 e. The average molecular weight is 268 g/mol. The monoisotopic (exact) mass is 268 g/mol. The van der Waals surface area contributed by atoms with Gasteiger partial charge in [-0.1, -0.05) is 25.7 Å². The van der Waals surface area contributed by atoms with Gasteiger partial charge in [0.1, 0.15) is 0 Å². The largest absolute Gasteiger partial charge is 0.391 e. The molecule has 2 fully saturated rings. The molecule has 2 aliphatic rings. The van der Waals surface area contributed by atoms with Crippen LogP contribution in [0.5, 0.6) is 0 Å². The first-order chi connectivity index (χ1) is 9.16. The predicted octanol–water partition coefficient (Wildman–Crippen LogP) is 1.56. The SMILES string of the molecule is N[C@@H]1CCC[C@H]1CC(=O)NCC(O)C1CCCCC1. The molecular weight excluding hydrogens is 240 g/mol. The summed E-state index contributed by atoms with van der Waals surface area (Å²) in [5.41, 5.74) is 5.97. The number of amides is 1. The van der Waals surface area contributed by atoms with Crippen molar-refractivity contribution in [1.29, 1.82) is 0 Å². The van der Waals surface area contributed by atoms with Gasteiger partial charge in [-0.05, 0) is 37.5 Å². The Morgan fingerprint density at radius 3 is 2.53 bits per heavy atom. The number of rotatable bonds is 5. The maximum absolute atomic E-state index is 11.9. The molecule has 4 N–H and O–H groups in total. The standard InChI is InChI=1S/C15H28N2O2/c16-13-8-4-7-12(13)9-15(19)17-10-14(18)11-5-2-1-3-6-11/h11-14,18H,1-10,16H2,(H,17,19)/t12-,13+,14?/m0/s1. The zero-order chi connectivity index (χ0) is 13.7. The van der Waals surface area contributed by atoms with Gasteiger partial charge in [-0.3, -0.25) is 4.79 Å². The maximum Gasteiger partial charge on any atom is 0.220 e. The molecular formula is C15H28N2O2. The highest BCUT2D eigenvalue weighted by Gasteiger charge is 2.27. The zero-order valence-electron chi connectivity index (χ0n) is 11.8. The van der Waals surface area contributed by atoms with Crippen LogP contribution in [0.2, 0.25) is 0 Å². The molecule has 3 atom stereocenters. The first-order valence-corrected chi connectivity index (χ1v) is 7.87. The van der Waals surface area contributed by atoms with E-state index in [2.05, 4.69) is 5.32 Å².